The van der Waals surface area contributed by atoms with Crippen LogP contribution in [0.25, 0.3) is 0 Å². The molecule has 4 aliphatic rings. The Morgan fingerprint density at radius 1 is 1.00 bits per heavy atom. The average Bonchev–Trinajstić information content (AvgIpc) is 3.13. The lowest BCUT2D eigenvalue weighted by Gasteiger charge is -2.49. The normalized spacial score (nSPS) is 28.7. The molecular weight excluding hydrogens is 448 g/mol. The van der Waals surface area contributed by atoms with E-state index in [-0.39, 0.29) is 76.4 Å². The molecule has 2 fully saturated rings. The quantitative estimate of drug-likeness (QED) is 0.564. The maximum Gasteiger partial charge on any atom is 0.410 e. The molecule has 4 bridgehead atoms. The van der Waals surface area contributed by atoms with Crippen molar-refractivity contribution in [3.05, 3.63) is 12.2 Å². The Labute approximate surface area is 201 Å². The van der Waals surface area contributed by atoms with E-state index < -0.39 is 23.3 Å². The Bertz CT molecular complexity index is 796. The minimum atomic E-state index is -0.983. The van der Waals surface area contributed by atoms with Gasteiger partial charge in [0.1, 0.15) is 18.8 Å². The molecule has 1 atom stereocenters. The first-order chi connectivity index (χ1) is 15.1. The third-order valence-corrected chi connectivity index (χ3v) is 6.16. The van der Waals surface area contributed by atoms with Gasteiger partial charge in [-0.3, -0.25) is 14.9 Å². The van der Waals surface area contributed by atoms with Crippen molar-refractivity contribution >= 4 is 37.2 Å². The van der Waals surface area contributed by atoms with E-state index in [9.17, 15) is 19.2 Å². The van der Waals surface area contributed by atoms with Crippen molar-refractivity contribution in [1.29, 1.82) is 0 Å². The molecule has 2 saturated heterocycles. The van der Waals surface area contributed by atoms with E-state index >= 15 is 0 Å². The van der Waals surface area contributed by atoms with Crippen molar-refractivity contribution in [3.63, 3.8) is 0 Å². The van der Waals surface area contributed by atoms with Gasteiger partial charge in [-0.1, -0.05) is 13.8 Å². The van der Waals surface area contributed by atoms with E-state index in [1.807, 2.05) is 13.8 Å². The highest BCUT2D eigenvalue weighted by molar-refractivity contribution is 7.59. The molecule has 0 unspecified atom stereocenters. The number of nitrogens with one attached hydrogen (secondary N) is 2. The summed E-state index contributed by atoms with van der Waals surface area (Å²) < 4.78 is 10.5. The highest BCUT2D eigenvalue weighted by atomic mass is 32.1. The number of fused-ring (bicyclic) bond motifs is 8. The number of carbonyl (C=O) groups is 4. The Morgan fingerprint density at radius 3 is 2.12 bits per heavy atom. The van der Waals surface area contributed by atoms with Crippen LogP contribution in [0.3, 0.4) is 0 Å². The molecule has 0 spiro atoms. The number of hydrogen-bond acceptors (Lipinski definition) is 8. The summed E-state index contributed by atoms with van der Waals surface area (Å²) >= 11 is 0. The SMILES string of the molecule is CC(C)N[C@@]12CCN(C1)C(=O)OCC=CCOC(=O)N1CC(C(=O)C(C)C)(C1)NCC2=O.S. The van der Waals surface area contributed by atoms with E-state index in [2.05, 4.69) is 10.6 Å². The molecule has 11 heteroatoms. The van der Waals surface area contributed by atoms with E-state index in [1.54, 1.807) is 26.0 Å². The largest absolute Gasteiger partial charge is 0.445 e. The lowest BCUT2D eigenvalue weighted by Crippen LogP contribution is -2.76. The highest BCUT2D eigenvalue weighted by Crippen LogP contribution is 2.28. The first kappa shape index (κ1) is 27.1. The summed E-state index contributed by atoms with van der Waals surface area (Å²) in [7, 11) is 0. The van der Waals surface area contributed by atoms with Gasteiger partial charge in [-0.25, -0.2) is 9.59 Å². The van der Waals surface area contributed by atoms with Crippen LogP contribution in [0.15, 0.2) is 12.2 Å². The molecular formula is C22H36N4O6S. The summed E-state index contributed by atoms with van der Waals surface area (Å²) in [5.41, 5.74) is -1.91. The monoisotopic (exact) mass is 484 g/mol. The lowest BCUT2D eigenvalue weighted by atomic mass is 9.80. The maximum atomic E-state index is 13.4. The van der Waals surface area contributed by atoms with Gasteiger partial charge in [-0.15, -0.1) is 0 Å². The lowest BCUT2D eigenvalue weighted by molar-refractivity contribution is -0.136. The third-order valence-electron chi connectivity index (χ3n) is 6.16. The fourth-order valence-electron chi connectivity index (χ4n) is 4.56. The minimum absolute atomic E-state index is 0. The molecule has 0 aromatic heterocycles. The fourth-order valence-corrected chi connectivity index (χ4v) is 4.56. The smallest absolute Gasteiger partial charge is 0.410 e. The molecule has 186 valence electrons. The number of hydrogen-bond donors (Lipinski definition) is 2. The van der Waals surface area contributed by atoms with Crippen LogP contribution in [0.4, 0.5) is 9.59 Å². The second-order valence-electron chi connectivity index (χ2n) is 9.41. The Balaban J connectivity index is 0.00000385. The van der Waals surface area contributed by atoms with Crippen LogP contribution in [-0.2, 0) is 19.1 Å². The van der Waals surface area contributed by atoms with Gasteiger partial charge in [-0.2, -0.15) is 13.5 Å². The number of rotatable bonds is 4. The summed E-state index contributed by atoms with van der Waals surface area (Å²) in [5.74, 6) is -0.426. The third kappa shape index (κ3) is 5.88. The summed E-state index contributed by atoms with van der Waals surface area (Å²) in [6.07, 6.45) is 2.64. The second-order valence-corrected chi connectivity index (χ2v) is 9.41. The minimum Gasteiger partial charge on any atom is -0.445 e. The summed E-state index contributed by atoms with van der Waals surface area (Å²) in [6.45, 7) is 8.43. The van der Waals surface area contributed by atoms with Crippen LogP contribution in [0.5, 0.6) is 0 Å². The second kappa shape index (κ2) is 10.9. The van der Waals surface area contributed by atoms with Crippen LogP contribution in [0.2, 0.25) is 0 Å². The van der Waals surface area contributed by atoms with E-state index in [0.29, 0.717) is 13.0 Å². The summed E-state index contributed by atoms with van der Waals surface area (Å²) in [4.78, 5) is 54.1. The molecule has 10 nitrogen and oxygen atoms in total. The van der Waals surface area contributed by atoms with Gasteiger partial charge < -0.3 is 24.6 Å². The standard InChI is InChI=1S/C22H34N4O6.H2S/c1-15(2)18(28)22-13-26(14-22)20(30)32-10-6-5-9-31-19(29)25-8-7-21(12-25,24-16(3)4)17(27)11-23-22;/h5-6,15-16,23-24H,7-14H2,1-4H3;1H2/t21-;/m0./s1. The molecule has 0 radical (unpaired) electrons. The first-order valence-corrected chi connectivity index (χ1v) is 11.2. The summed E-state index contributed by atoms with van der Waals surface area (Å²) in [6, 6.07) is 0.0205. The van der Waals surface area contributed by atoms with Crippen molar-refractivity contribution in [2.45, 2.75) is 51.2 Å². The first-order valence-electron chi connectivity index (χ1n) is 11.2. The molecule has 4 rings (SSSR count). The number of carbonyl (C=O) groups excluding carboxylic acids is 4. The van der Waals surface area contributed by atoms with Gasteiger partial charge in [0.2, 0.25) is 0 Å². The molecule has 4 heterocycles. The number of ketones is 2. The zero-order chi connectivity index (χ0) is 23.5. The summed E-state index contributed by atoms with van der Waals surface area (Å²) in [5, 5.41) is 6.51. The zero-order valence-electron chi connectivity index (χ0n) is 19.8. The number of amides is 2. The van der Waals surface area contributed by atoms with Gasteiger partial charge in [0.05, 0.1) is 25.2 Å². The Kier molecular flexibility index (Phi) is 8.94. The van der Waals surface area contributed by atoms with Crippen molar-refractivity contribution in [1.82, 2.24) is 20.4 Å². The molecule has 2 amide bonds. The van der Waals surface area contributed by atoms with Crippen molar-refractivity contribution in [2.75, 3.05) is 45.9 Å². The predicted molar refractivity (Wildman–Crippen MR) is 127 cm³/mol. The molecule has 0 aromatic carbocycles. The molecule has 33 heavy (non-hydrogen) atoms. The van der Waals surface area contributed by atoms with Crippen LogP contribution in [0, 0.1) is 5.92 Å². The van der Waals surface area contributed by atoms with Crippen molar-refractivity contribution in [2.24, 2.45) is 5.92 Å². The van der Waals surface area contributed by atoms with Crippen LogP contribution in [-0.4, -0.2) is 96.6 Å². The zero-order valence-corrected chi connectivity index (χ0v) is 20.8. The fraction of sp³-hybridized carbons (Fsp3) is 0.727. The van der Waals surface area contributed by atoms with Crippen molar-refractivity contribution in [3.8, 4) is 0 Å². The van der Waals surface area contributed by atoms with Gasteiger partial charge >= 0.3 is 12.2 Å². The van der Waals surface area contributed by atoms with E-state index in [1.165, 1.54) is 9.80 Å². The number of ether oxygens (including phenoxy) is 2. The van der Waals surface area contributed by atoms with Crippen molar-refractivity contribution < 1.29 is 28.7 Å². The highest BCUT2D eigenvalue weighted by Gasteiger charge is 2.53. The molecule has 0 aliphatic carbocycles. The Hall–Kier alpha value is -2.11. The van der Waals surface area contributed by atoms with E-state index in [4.69, 9.17) is 9.47 Å². The molecule has 4 aliphatic heterocycles. The molecule has 2 N–H and O–H groups in total. The maximum absolute atomic E-state index is 13.4. The van der Waals surface area contributed by atoms with Gasteiger partial charge in [0.15, 0.2) is 11.6 Å². The molecule has 0 aromatic rings. The van der Waals surface area contributed by atoms with Gasteiger partial charge in [0, 0.05) is 25.0 Å². The van der Waals surface area contributed by atoms with Gasteiger partial charge in [-0.05, 0) is 32.4 Å². The molecule has 0 saturated carbocycles. The van der Waals surface area contributed by atoms with Crippen LogP contribution in [0.1, 0.15) is 34.1 Å². The van der Waals surface area contributed by atoms with Crippen LogP contribution < -0.4 is 10.6 Å². The van der Waals surface area contributed by atoms with Gasteiger partial charge in [0.25, 0.3) is 0 Å². The number of Topliss-reactive ketones (excluding diaryl/α,β-unsaturated/α-hetero) is 2. The van der Waals surface area contributed by atoms with E-state index in [0.717, 1.165) is 0 Å². The van der Waals surface area contributed by atoms with Crippen LogP contribution >= 0.6 is 13.5 Å². The number of nitrogens with zero attached hydrogens (tertiary/aromatic N) is 2. The average molecular weight is 485 g/mol. The topological polar surface area (TPSA) is 117 Å². The predicted octanol–water partition coefficient (Wildman–Crippen LogP) is 0.823. The Morgan fingerprint density at radius 2 is 1.58 bits per heavy atom.